The first-order valence-electron chi connectivity index (χ1n) is 18.5. The minimum absolute atomic E-state index is 0.0238. The van der Waals surface area contributed by atoms with Crippen LogP contribution < -0.4 is 10.4 Å². The smallest absolute Gasteiger partial charge is 0.261 e. The first kappa shape index (κ1) is 43.9. The predicted molar refractivity (Wildman–Crippen MR) is 224 cm³/mol. The molecule has 0 aliphatic heterocycles. The molecule has 276 valence electrons. The van der Waals surface area contributed by atoms with E-state index in [9.17, 15) is 0 Å². The summed E-state index contributed by atoms with van der Waals surface area (Å²) in [6.07, 6.45) is 10.3. The average Bonchev–Trinajstić information content (AvgIpc) is 3.00. The summed E-state index contributed by atoms with van der Waals surface area (Å²) in [5.41, 5.74) is 0. The van der Waals surface area contributed by atoms with Gasteiger partial charge in [0.2, 0.25) is 0 Å². The molecule has 0 amide bonds. The quantitative estimate of drug-likeness (QED) is 0.0659. The van der Waals surface area contributed by atoms with Crippen molar-refractivity contribution >= 4 is 46.9 Å². The average molecular weight is 744 g/mol. The van der Waals surface area contributed by atoms with E-state index in [1.165, 1.54) is 10.4 Å². The van der Waals surface area contributed by atoms with E-state index < -0.39 is 25.0 Å². The summed E-state index contributed by atoms with van der Waals surface area (Å²) < 4.78 is 20.9. The van der Waals surface area contributed by atoms with E-state index in [4.69, 9.17) is 24.9 Å². The summed E-state index contributed by atoms with van der Waals surface area (Å²) >= 11 is 7.02. The number of hydrogen-bond acceptors (Lipinski definition) is 3. The Morgan fingerprint density at radius 2 is 1.18 bits per heavy atom. The fraction of sp³-hybridized carbons (Fsp3) is 0.619. The second-order valence-corrected chi connectivity index (χ2v) is 32.4. The maximum atomic E-state index is 7.19. The van der Waals surface area contributed by atoms with Crippen LogP contribution in [0.25, 0.3) is 0 Å². The van der Waals surface area contributed by atoms with Gasteiger partial charge in [-0.1, -0.05) is 148 Å². The molecule has 2 aromatic rings. The number of benzene rings is 2. The van der Waals surface area contributed by atoms with Gasteiger partial charge in [-0.2, -0.15) is 0 Å². The summed E-state index contributed by atoms with van der Waals surface area (Å²) in [7, 11) is -6.46. The maximum absolute atomic E-state index is 7.19. The summed E-state index contributed by atoms with van der Waals surface area (Å²) in [4.78, 5) is 0. The fourth-order valence-corrected chi connectivity index (χ4v) is 13.5. The van der Waals surface area contributed by atoms with E-state index in [0.717, 1.165) is 32.3 Å². The number of unbranched alkanes of at least 4 members (excludes halogenated alkanes) is 1. The van der Waals surface area contributed by atoms with E-state index >= 15 is 0 Å². The molecule has 49 heavy (non-hydrogen) atoms. The first-order chi connectivity index (χ1) is 22.5. The zero-order valence-corrected chi connectivity index (χ0v) is 37.4. The molecular formula is C42H71ClO3Si3. The topological polar surface area (TPSA) is 27.7 Å². The van der Waals surface area contributed by atoms with Crippen LogP contribution in [0.4, 0.5) is 0 Å². The highest BCUT2D eigenvalue weighted by molar-refractivity contribution is 6.99. The van der Waals surface area contributed by atoms with E-state index in [0.29, 0.717) is 0 Å². The van der Waals surface area contributed by atoms with Crippen molar-refractivity contribution in [1.29, 1.82) is 0 Å². The molecule has 0 aromatic heterocycles. The van der Waals surface area contributed by atoms with Crippen LogP contribution in [0.1, 0.15) is 94.9 Å². The minimum Gasteiger partial charge on any atom is -0.414 e. The molecule has 4 atom stereocenters. The lowest BCUT2D eigenvalue weighted by molar-refractivity contribution is 0.165. The molecule has 0 saturated carbocycles. The molecule has 2 aromatic carbocycles. The molecule has 0 bridgehead atoms. The van der Waals surface area contributed by atoms with Crippen LogP contribution in [0.5, 0.6) is 0 Å². The largest absolute Gasteiger partial charge is 0.414 e. The number of allylic oxidation sites excluding steroid dienone is 1. The molecule has 0 unspecified atom stereocenters. The lowest BCUT2D eigenvalue weighted by Gasteiger charge is -2.43. The molecule has 0 aliphatic rings. The van der Waals surface area contributed by atoms with Crippen LogP contribution in [0.3, 0.4) is 0 Å². The van der Waals surface area contributed by atoms with Crippen molar-refractivity contribution in [3.63, 3.8) is 0 Å². The fourth-order valence-electron chi connectivity index (χ4n) is 5.88. The summed E-state index contributed by atoms with van der Waals surface area (Å²) in [6.45, 7) is 37.1. The van der Waals surface area contributed by atoms with E-state index in [-0.39, 0.29) is 38.6 Å². The van der Waals surface area contributed by atoms with Gasteiger partial charge in [-0.25, -0.2) is 0 Å². The van der Waals surface area contributed by atoms with Gasteiger partial charge in [-0.3, -0.25) is 0 Å². The molecule has 0 radical (unpaired) electrons. The van der Waals surface area contributed by atoms with Crippen molar-refractivity contribution in [2.24, 2.45) is 5.92 Å². The van der Waals surface area contributed by atoms with Crippen LogP contribution in [-0.4, -0.2) is 49.1 Å². The second-order valence-electron chi connectivity index (χ2n) is 18.1. The lowest BCUT2D eigenvalue weighted by atomic mass is 9.99. The van der Waals surface area contributed by atoms with Crippen molar-refractivity contribution < 1.29 is 13.3 Å². The Balaban J connectivity index is 2.18. The van der Waals surface area contributed by atoms with Gasteiger partial charge in [-0.05, 0) is 77.4 Å². The van der Waals surface area contributed by atoms with Crippen molar-refractivity contribution in [3.05, 3.63) is 85.5 Å². The molecule has 2 rings (SSSR count). The molecule has 0 heterocycles. The SMILES string of the molecule is C=C[C@H](O[Si](C)(C)C(C)(C)C)[C@@H](C)[C@@H](Cl)/C=C\C[C@@H](CCCCO[Si](c1ccccc1)(c1ccccc1)C(C)(C)C)O[Si](C)(C)C(C)(C)C. The lowest BCUT2D eigenvalue weighted by Crippen LogP contribution is -2.66. The zero-order valence-electron chi connectivity index (χ0n) is 33.7. The van der Waals surface area contributed by atoms with Gasteiger partial charge >= 0.3 is 0 Å². The van der Waals surface area contributed by atoms with Crippen LogP contribution >= 0.6 is 11.6 Å². The normalized spacial score (nSPS) is 16.4. The van der Waals surface area contributed by atoms with Gasteiger partial charge < -0.3 is 13.3 Å². The molecule has 0 saturated heterocycles. The molecule has 0 fully saturated rings. The van der Waals surface area contributed by atoms with Gasteiger partial charge in [0.15, 0.2) is 16.6 Å². The number of hydrogen-bond donors (Lipinski definition) is 0. The highest BCUT2D eigenvalue weighted by Crippen LogP contribution is 2.40. The highest BCUT2D eigenvalue weighted by Gasteiger charge is 2.50. The molecule has 0 spiro atoms. The Hall–Kier alpha value is -1.26. The van der Waals surface area contributed by atoms with E-state index in [1.807, 2.05) is 6.08 Å². The van der Waals surface area contributed by atoms with Crippen molar-refractivity contribution in [2.75, 3.05) is 6.61 Å². The second kappa shape index (κ2) is 18.0. The maximum Gasteiger partial charge on any atom is 0.261 e. The Morgan fingerprint density at radius 1 is 0.714 bits per heavy atom. The Labute approximate surface area is 310 Å². The number of alkyl halides is 1. The molecule has 0 N–H and O–H groups in total. The third-order valence-electron chi connectivity index (χ3n) is 11.1. The Morgan fingerprint density at radius 3 is 1.61 bits per heavy atom. The minimum atomic E-state index is -2.54. The van der Waals surface area contributed by atoms with Gasteiger partial charge in [0.25, 0.3) is 8.32 Å². The predicted octanol–water partition coefficient (Wildman–Crippen LogP) is 11.9. The summed E-state index contributed by atoms with van der Waals surface area (Å²) in [5, 5.41) is 2.76. The van der Waals surface area contributed by atoms with Crippen LogP contribution in [-0.2, 0) is 13.3 Å². The summed E-state index contributed by atoms with van der Waals surface area (Å²) in [5.74, 6) is 0.114. The standard InChI is InChI=1S/C42H71ClO3Si3/c1-16-39(46-48(14,15)41(6,7)8)34(2)38(43)32-25-27-35(45-47(12,13)40(3,4)5)26-23-24-33-44-49(42(9,10)11,36-28-19-17-20-29-36)37-30-21-18-22-31-37/h16-22,25,28-32,34-35,38-39H,1,23-24,26-27,33H2,2-15H3/b32-25-/t34-,35+,38-,39-/m0/s1. The van der Waals surface area contributed by atoms with E-state index in [2.05, 4.69) is 175 Å². The molecule has 0 aliphatic carbocycles. The van der Waals surface area contributed by atoms with E-state index in [1.54, 1.807) is 0 Å². The van der Waals surface area contributed by atoms with Gasteiger partial charge in [0.1, 0.15) is 0 Å². The Kier molecular flexibility index (Phi) is 16.1. The van der Waals surface area contributed by atoms with Crippen LogP contribution in [0.15, 0.2) is 85.5 Å². The number of halogens is 1. The van der Waals surface area contributed by atoms with Gasteiger partial charge in [0, 0.05) is 18.6 Å². The van der Waals surface area contributed by atoms with Crippen LogP contribution in [0.2, 0.25) is 41.3 Å². The molecular weight excluding hydrogens is 672 g/mol. The summed E-state index contributed by atoms with van der Waals surface area (Å²) in [6, 6.07) is 21.9. The monoisotopic (exact) mass is 742 g/mol. The first-order valence-corrected chi connectivity index (χ1v) is 26.7. The third-order valence-corrected chi connectivity index (χ3v) is 25.7. The molecule has 7 heteroatoms. The van der Waals surface area contributed by atoms with Crippen molar-refractivity contribution in [1.82, 2.24) is 0 Å². The van der Waals surface area contributed by atoms with Crippen molar-refractivity contribution in [2.45, 2.75) is 154 Å². The zero-order chi connectivity index (χ0) is 37.3. The highest BCUT2D eigenvalue weighted by atomic mass is 35.5. The van der Waals surface area contributed by atoms with Gasteiger partial charge in [0.05, 0.1) is 11.5 Å². The molecule has 3 nitrogen and oxygen atoms in total. The van der Waals surface area contributed by atoms with Crippen molar-refractivity contribution in [3.8, 4) is 0 Å². The number of rotatable bonds is 18. The van der Waals surface area contributed by atoms with Gasteiger partial charge in [-0.15, -0.1) is 18.2 Å². The Bertz CT molecular complexity index is 1250. The third kappa shape index (κ3) is 11.9. The van der Waals surface area contributed by atoms with Crippen LogP contribution in [0, 0.1) is 5.92 Å².